The standard InChI is InChI=1S/C22H23N3O4S/c1-29-19-9-11-20(12-10-19)30(27,28)23-14-18-16-24-13-5-8-21(24)22(26)25(18)15-17-6-3-2-4-7-17/h2-13,18,23H,14-16H2,1H3. The van der Waals surface area contributed by atoms with Crippen LogP contribution in [0, 0.1) is 0 Å². The van der Waals surface area contributed by atoms with E-state index in [-0.39, 0.29) is 23.4 Å². The van der Waals surface area contributed by atoms with Gasteiger partial charge in [0.1, 0.15) is 11.4 Å². The summed E-state index contributed by atoms with van der Waals surface area (Å²) < 4.78 is 35.1. The summed E-state index contributed by atoms with van der Waals surface area (Å²) in [6.07, 6.45) is 1.85. The fraction of sp³-hybridized carbons (Fsp3) is 0.227. The van der Waals surface area contributed by atoms with Crippen LogP contribution in [0.2, 0.25) is 0 Å². The normalized spacial score (nSPS) is 16.4. The largest absolute Gasteiger partial charge is 0.497 e. The first kappa shape index (κ1) is 20.2. The Morgan fingerprint density at radius 1 is 1.03 bits per heavy atom. The smallest absolute Gasteiger partial charge is 0.271 e. The summed E-state index contributed by atoms with van der Waals surface area (Å²) in [5, 5.41) is 0. The van der Waals surface area contributed by atoms with Gasteiger partial charge in [-0.25, -0.2) is 13.1 Å². The maximum atomic E-state index is 13.1. The quantitative estimate of drug-likeness (QED) is 0.631. The Morgan fingerprint density at radius 2 is 1.77 bits per heavy atom. The van der Waals surface area contributed by atoms with Crippen LogP contribution >= 0.6 is 0 Å². The molecule has 0 bridgehead atoms. The van der Waals surface area contributed by atoms with Gasteiger partial charge in [0.15, 0.2) is 0 Å². The number of rotatable bonds is 7. The Labute approximate surface area is 175 Å². The zero-order valence-electron chi connectivity index (χ0n) is 16.6. The maximum absolute atomic E-state index is 13.1. The number of nitrogens with one attached hydrogen (secondary N) is 1. The summed E-state index contributed by atoms with van der Waals surface area (Å²) >= 11 is 0. The van der Waals surface area contributed by atoms with E-state index in [1.165, 1.54) is 19.2 Å². The molecule has 156 valence electrons. The molecule has 2 aromatic carbocycles. The summed E-state index contributed by atoms with van der Waals surface area (Å²) in [7, 11) is -2.19. The van der Waals surface area contributed by atoms with E-state index in [9.17, 15) is 13.2 Å². The third-order valence-corrected chi connectivity index (χ3v) is 6.67. The van der Waals surface area contributed by atoms with Crippen LogP contribution in [0.3, 0.4) is 0 Å². The predicted molar refractivity (Wildman–Crippen MR) is 113 cm³/mol. The highest BCUT2D eigenvalue weighted by Crippen LogP contribution is 2.22. The van der Waals surface area contributed by atoms with Gasteiger partial charge < -0.3 is 14.2 Å². The average molecular weight is 426 g/mol. The van der Waals surface area contributed by atoms with Crippen molar-refractivity contribution in [3.8, 4) is 5.75 Å². The Hall–Kier alpha value is -3.10. The third kappa shape index (κ3) is 4.10. The SMILES string of the molecule is COc1ccc(S(=O)(=O)NCC2Cn3cccc3C(=O)N2Cc2ccccc2)cc1. The molecular weight excluding hydrogens is 402 g/mol. The van der Waals surface area contributed by atoms with Gasteiger partial charge in [-0.2, -0.15) is 0 Å². The first-order valence-electron chi connectivity index (χ1n) is 9.62. The molecule has 1 aliphatic heterocycles. The molecule has 1 aliphatic rings. The van der Waals surface area contributed by atoms with Crippen LogP contribution in [0.15, 0.2) is 77.8 Å². The second-order valence-corrected chi connectivity index (χ2v) is 8.91. The number of carbonyl (C=O) groups is 1. The first-order chi connectivity index (χ1) is 14.5. The Bertz CT molecular complexity index is 1120. The molecule has 1 aromatic heterocycles. The highest BCUT2D eigenvalue weighted by atomic mass is 32.2. The number of sulfonamides is 1. The van der Waals surface area contributed by atoms with Crippen molar-refractivity contribution in [2.45, 2.75) is 24.0 Å². The molecule has 0 spiro atoms. The molecule has 4 rings (SSSR count). The fourth-order valence-corrected chi connectivity index (χ4v) is 4.68. The van der Waals surface area contributed by atoms with E-state index in [2.05, 4.69) is 4.72 Å². The molecule has 0 fully saturated rings. The molecule has 30 heavy (non-hydrogen) atoms. The molecule has 2 heterocycles. The Morgan fingerprint density at radius 3 is 2.47 bits per heavy atom. The molecule has 1 atom stereocenters. The lowest BCUT2D eigenvalue weighted by atomic mass is 10.1. The van der Waals surface area contributed by atoms with Gasteiger partial charge in [0.05, 0.1) is 18.0 Å². The van der Waals surface area contributed by atoms with E-state index in [0.717, 1.165) is 5.56 Å². The summed E-state index contributed by atoms with van der Waals surface area (Å²) in [5.41, 5.74) is 1.61. The predicted octanol–water partition coefficient (Wildman–Crippen LogP) is 2.50. The number of nitrogens with zero attached hydrogens (tertiary/aromatic N) is 2. The average Bonchev–Trinajstić information content (AvgIpc) is 3.24. The fourth-order valence-electron chi connectivity index (χ4n) is 3.61. The Balaban J connectivity index is 1.54. The van der Waals surface area contributed by atoms with Gasteiger partial charge in [-0.1, -0.05) is 30.3 Å². The van der Waals surface area contributed by atoms with Crippen molar-refractivity contribution >= 4 is 15.9 Å². The van der Waals surface area contributed by atoms with Crippen LogP contribution in [0.4, 0.5) is 0 Å². The molecule has 1 unspecified atom stereocenters. The summed E-state index contributed by atoms with van der Waals surface area (Å²) in [5.74, 6) is 0.477. The van der Waals surface area contributed by atoms with Crippen molar-refractivity contribution in [3.05, 3.63) is 84.2 Å². The van der Waals surface area contributed by atoms with Crippen molar-refractivity contribution in [3.63, 3.8) is 0 Å². The third-order valence-electron chi connectivity index (χ3n) is 5.23. The van der Waals surface area contributed by atoms with Crippen LogP contribution in [0.25, 0.3) is 0 Å². The molecule has 0 saturated heterocycles. The molecule has 8 heteroatoms. The molecule has 1 N–H and O–H groups in total. The molecule has 7 nitrogen and oxygen atoms in total. The van der Waals surface area contributed by atoms with Gasteiger partial charge in [-0.3, -0.25) is 4.79 Å². The number of hydrogen-bond donors (Lipinski definition) is 1. The van der Waals surface area contributed by atoms with E-state index >= 15 is 0 Å². The number of methoxy groups -OCH3 is 1. The number of carbonyl (C=O) groups excluding carboxylic acids is 1. The van der Waals surface area contributed by atoms with E-state index in [1.54, 1.807) is 23.1 Å². The highest BCUT2D eigenvalue weighted by Gasteiger charge is 2.33. The first-order valence-corrected chi connectivity index (χ1v) is 11.1. The second-order valence-electron chi connectivity index (χ2n) is 7.15. The summed E-state index contributed by atoms with van der Waals surface area (Å²) in [4.78, 5) is 15.0. The minimum absolute atomic E-state index is 0.108. The molecule has 1 amide bonds. The number of hydrogen-bond acceptors (Lipinski definition) is 4. The minimum atomic E-state index is -3.72. The Kier molecular flexibility index (Phi) is 5.61. The van der Waals surface area contributed by atoms with Crippen LogP contribution in [-0.2, 0) is 23.1 Å². The molecule has 0 radical (unpaired) electrons. The lowest BCUT2D eigenvalue weighted by Gasteiger charge is -2.37. The lowest BCUT2D eigenvalue weighted by molar-refractivity contribution is 0.0578. The van der Waals surface area contributed by atoms with E-state index in [0.29, 0.717) is 24.5 Å². The zero-order chi connectivity index (χ0) is 21.1. The number of amides is 1. The minimum Gasteiger partial charge on any atom is -0.497 e. The van der Waals surface area contributed by atoms with Gasteiger partial charge in [0.25, 0.3) is 5.91 Å². The van der Waals surface area contributed by atoms with Crippen molar-refractivity contribution in [1.82, 2.24) is 14.2 Å². The van der Waals surface area contributed by atoms with Gasteiger partial charge >= 0.3 is 0 Å². The summed E-state index contributed by atoms with van der Waals surface area (Å²) in [6.45, 7) is 1.05. The zero-order valence-corrected chi connectivity index (χ0v) is 17.4. The van der Waals surface area contributed by atoms with Crippen molar-refractivity contribution in [2.75, 3.05) is 13.7 Å². The summed E-state index contributed by atoms with van der Waals surface area (Å²) in [6, 6.07) is 19.2. The van der Waals surface area contributed by atoms with Gasteiger partial charge in [0.2, 0.25) is 10.0 Å². The second kappa shape index (κ2) is 8.33. The van der Waals surface area contributed by atoms with Crippen LogP contribution < -0.4 is 9.46 Å². The topological polar surface area (TPSA) is 80.6 Å². The highest BCUT2D eigenvalue weighted by molar-refractivity contribution is 7.89. The van der Waals surface area contributed by atoms with E-state index < -0.39 is 10.0 Å². The number of fused-ring (bicyclic) bond motifs is 1. The van der Waals surface area contributed by atoms with Crippen LogP contribution in [0.5, 0.6) is 5.75 Å². The van der Waals surface area contributed by atoms with Gasteiger partial charge in [0, 0.05) is 25.8 Å². The van der Waals surface area contributed by atoms with Crippen molar-refractivity contribution in [1.29, 1.82) is 0 Å². The molecule has 0 aliphatic carbocycles. The van der Waals surface area contributed by atoms with Gasteiger partial charge in [-0.15, -0.1) is 0 Å². The van der Waals surface area contributed by atoms with E-state index in [4.69, 9.17) is 4.74 Å². The van der Waals surface area contributed by atoms with Crippen LogP contribution in [0.1, 0.15) is 16.1 Å². The maximum Gasteiger partial charge on any atom is 0.271 e. The lowest BCUT2D eigenvalue weighted by Crippen LogP contribution is -2.52. The van der Waals surface area contributed by atoms with Crippen molar-refractivity contribution in [2.24, 2.45) is 0 Å². The molecular formula is C22H23N3O4S. The van der Waals surface area contributed by atoms with Crippen LogP contribution in [-0.4, -0.2) is 43.5 Å². The van der Waals surface area contributed by atoms with Crippen molar-refractivity contribution < 1.29 is 17.9 Å². The number of aromatic nitrogens is 1. The monoisotopic (exact) mass is 425 g/mol. The number of benzene rings is 2. The number of ether oxygens (including phenoxy) is 1. The van der Waals surface area contributed by atoms with Gasteiger partial charge in [-0.05, 0) is 42.0 Å². The van der Waals surface area contributed by atoms with E-state index in [1.807, 2.05) is 47.2 Å². The molecule has 3 aromatic rings. The molecule has 0 saturated carbocycles.